The second-order valence-electron chi connectivity index (χ2n) is 2.80. The Bertz CT molecular complexity index is 255. The standard InChI is InChI=1S/C10H13NO/c1-2-6-10(12)11-9-7-4-3-5-8-9/h7H,3-5,8H2,1H3,(H,11,12). The Kier molecular flexibility index (Phi) is 3.40. The monoisotopic (exact) mass is 163 g/mol. The molecule has 0 heterocycles. The van der Waals surface area contributed by atoms with Gasteiger partial charge in [0.05, 0.1) is 0 Å². The molecule has 0 aliphatic heterocycles. The fraction of sp³-hybridized carbons (Fsp3) is 0.500. The predicted molar refractivity (Wildman–Crippen MR) is 48.1 cm³/mol. The fourth-order valence-electron chi connectivity index (χ4n) is 1.24. The lowest BCUT2D eigenvalue weighted by atomic mass is 10.1. The number of amides is 1. The lowest BCUT2D eigenvalue weighted by molar-refractivity contribution is -0.115. The molecule has 0 bridgehead atoms. The normalized spacial score (nSPS) is 15.6. The first-order valence-electron chi connectivity index (χ1n) is 4.25. The van der Waals surface area contributed by atoms with E-state index in [1.54, 1.807) is 6.92 Å². The number of hydrogen-bond donors (Lipinski definition) is 1. The summed E-state index contributed by atoms with van der Waals surface area (Å²) in [6, 6.07) is 0. The molecule has 12 heavy (non-hydrogen) atoms. The maximum absolute atomic E-state index is 11.0. The number of rotatable bonds is 1. The minimum atomic E-state index is -0.189. The summed E-state index contributed by atoms with van der Waals surface area (Å²) in [5.41, 5.74) is 1.04. The Balaban J connectivity index is 2.43. The molecular weight excluding hydrogens is 150 g/mol. The fourth-order valence-corrected chi connectivity index (χ4v) is 1.24. The third-order valence-corrected chi connectivity index (χ3v) is 1.80. The number of carbonyl (C=O) groups excluding carboxylic acids is 1. The van der Waals surface area contributed by atoms with Gasteiger partial charge >= 0.3 is 0 Å². The van der Waals surface area contributed by atoms with Crippen LogP contribution in [0.3, 0.4) is 0 Å². The molecule has 0 saturated carbocycles. The number of carbonyl (C=O) groups is 1. The molecule has 1 aliphatic carbocycles. The molecule has 2 heteroatoms. The van der Waals surface area contributed by atoms with Gasteiger partial charge in [0, 0.05) is 5.70 Å². The van der Waals surface area contributed by atoms with Crippen molar-refractivity contribution in [2.24, 2.45) is 0 Å². The molecule has 1 rings (SSSR count). The van der Waals surface area contributed by atoms with Gasteiger partial charge in [-0.1, -0.05) is 12.0 Å². The highest BCUT2D eigenvalue weighted by molar-refractivity contribution is 5.94. The van der Waals surface area contributed by atoms with Crippen molar-refractivity contribution < 1.29 is 4.79 Å². The highest BCUT2D eigenvalue weighted by Gasteiger charge is 2.04. The van der Waals surface area contributed by atoms with E-state index in [9.17, 15) is 4.79 Å². The van der Waals surface area contributed by atoms with Crippen LogP contribution >= 0.6 is 0 Å². The van der Waals surface area contributed by atoms with Crippen LogP contribution < -0.4 is 5.32 Å². The van der Waals surface area contributed by atoms with E-state index in [0.717, 1.165) is 18.5 Å². The summed E-state index contributed by atoms with van der Waals surface area (Å²) >= 11 is 0. The van der Waals surface area contributed by atoms with Gasteiger partial charge in [-0.15, -0.1) is 0 Å². The molecule has 1 aliphatic rings. The Morgan fingerprint density at radius 1 is 1.58 bits per heavy atom. The first kappa shape index (κ1) is 8.86. The molecule has 64 valence electrons. The average molecular weight is 163 g/mol. The van der Waals surface area contributed by atoms with Crippen molar-refractivity contribution in [1.82, 2.24) is 5.32 Å². The van der Waals surface area contributed by atoms with Crippen LogP contribution in [-0.2, 0) is 4.79 Å². The zero-order valence-electron chi connectivity index (χ0n) is 7.31. The molecule has 0 unspecified atom stereocenters. The number of hydrogen-bond acceptors (Lipinski definition) is 1. The lowest BCUT2D eigenvalue weighted by Crippen LogP contribution is -2.21. The van der Waals surface area contributed by atoms with Gasteiger partial charge in [-0.05, 0) is 38.5 Å². The minimum absolute atomic E-state index is 0.189. The van der Waals surface area contributed by atoms with Crippen molar-refractivity contribution in [1.29, 1.82) is 0 Å². The molecule has 0 radical (unpaired) electrons. The van der Waals surface area contributed by atoms with E-state index >= 15 is 0 Å². The van der Waals surface area contributed by atoms with Crippen LogP contribution in [0.1, 0.15) is 32.6 Å². The summed E-state index contributed by atoms with van der Waals surface area (Å²) in [6.45, 7) is 1.66. The highest BCUT2D eigenvalue weighted by atomic mass is 16.1. The summed E-state index contributed by atoms with van der Waals surface area (Å²) in [6.07, 6.45) is 6.55. The Morgan fingerprint density at radius 3 is 3.00 bits per heavy atom. The summed E-state index contributed by atoms with van der Waals surface area (Å²) in [5.74, 6) is 4.83. The second kappa shape index (κ2) is 4.61. The van der Waals surface area contributed by atoms with Crippen LogP contribution in [0.2, 0.25) is 0 Å². The van der Waals surface area contributed by atoms with E-state index in [0.29, 0.717) is 0 Å². The molecule has 1 N–H and O–H groups in total. The first-order chi connectivity index (χ1) is 5.83. The second-order valence-corrected chi connectivity index (χ2v) is 2.80. The quantitative estimate of drug-likeness (QED) is 0.584. The summed E-state index contributed by atoms with van der Waals surface area (Å²) in [4.78, 5) is 11.0. The molecule has 0 aromatic rings. The molecular formula is C10H13NO. The number of nitrogens with one attached hydrogen (secondary N) is 1. The van der Waals surface area contributed by atoms with Crippen molar-refractivity contribution in [2.45, 2.75) is 32.6 Å². The zero-order valence-corrected chi connectivity index (χ0v) is 7.31. The Labute approximate surface area is 73.0 Å². The predicted octanol–water partition coefficient (Wildman–Crippen LogP) is 1.58. The molecule has 0 aromatic heterocycles. The van der Waals surface area contributed by atoms with Gasteiger partial charge in [-0.25, -0.2) is 0 Å². The zero-order chi connectivity index (χ0) is 8.81. The summed E-state index contributed by atoms with van der Waals surface area (Å²) < 4.78 is 0. The molecule has 2 nitrogen and oxygen atoms in total. The van der Waals surface area contributed by atoms with E-state index in [2.05, 4.69) is 23.2 Å². The van der Waals surface area contributed by atoms with E-state index in [1.807, 2.05) is 0 Å². The molecule has 0 atom stereocenters. The van der Waals surface area contributed by atoms with Crippen LogP contribution in [0.5, 0.6) is 0 Å². The van der Waals surface area contributed by atoms with Gasteiger partial charge in [-0.2, -0.15) is 0 Å². The van der Waals surface area contributed by atoms with Gasteiger partial charge in [-0.3, -0.25) is 4.79 Å². The van der Waals surface area contributed by atoms with Gasteiger partial charge in [0.2, 0.25) is 0 Å². The van der Waals surface area contributed by atoms with Crippen molar-refractivity contribution >= 4 is 5.91 Å². The van der Waals surface area contributed by atoms with Crippen molar-refractivity contribution in [3.05, 3.63) is 11.8 Å². The topological polar surface area (TPSA) is 29.1 Å². The van der Waals surface area contributed by atoms with Crippen molar-refractivity contribution in [3.63, 3.8) is 0 Å². The van der Waals surface area contributed by atoms with Crippen LogP contribution in [0.4, 0.5) is 0 Å². The van der Waals surface area contributed by atoms with E-state index in [-0.39, 0.29) is 5.91 Å². The van der Waals surface area contributed by atoms with E-state index in [4.69, 9.17) is 0 Å². The van der Waals surface area contributed by atoms with Gasteiger partial charge in [0.1, 0.15) is 0 Å². The minimum Gasteiger partial charge on any atom is -0.319 e. The Morgan fingerprint density at radius 2 is 2.42 bits per heavy atom. The molecule has 0 aromatic carbocycles. The lowest BCUT2D eigenvalue weighted by Gasteiger charge is -2.11. The SMILES string of the molecule is CC#CC(=O)NC1=CCCCC1. The van der Waals surface area contributed by atoms with Gasteiger partial charge in [0.25, 0.3) is 5.91 Å². The van der Waals surface area contributed by atoms with Crippen LogP contribution in [0, 0.1) is 11.8 Å². The van der Waals surface area contributed by atoms with Gasteiger partial charge in [0.15, 0.2) is 0 Å². The maximum Gasteiger partial charge on any atom is 0.299 e. The van der Waals surface area contributed by atoms with Crippen LogP contribution in [0.15, 0.2) is 11.8 Å². The molecule has 0 saturated heterocycles. The van der Waals surface area contributed by atoms with Gasteiger partial charge < -0.3 is 5.32 Å². The summed E-state index contributed by atoms with van der Waals surface area (Å²) in [7, 11) is 0. The van der Waals surface area contributed by atoms with Crippen LogP contribution in [-0.4, -0.2) is 5.91 Å². The van der Waals surface area contributed by atoms with E-state index < -0.39 is 0 Å². The van der Waals surface area contributed by atoms with Crippen molar-refractivity contribution in [2.75, 3.05) is 0 Å². The first-order valence-corrected chi connectivity index (χ1v) is 4.25. The largest absolute Gasteiger partial charge is 0.319 e. The molecule has 0 spiro atoms. The highest BCUT2D eigenvalue weighted by Crippen LogP contribution is 2.14. The van der Waals surface area contributed by atoms with Crippen molar-refractivity contribution in [3.8, 4) is 11.8 Å². The average Bonchev–Trinajstić information content (AvgIpc) is 2.06. The third-order valence-electron chi connectivity index (χ3n) is 1.80. The smallest absolute Gasteiger partial charge is 0.299 e. The summed E-state index contributed by atoms with van der Waals surface area (Å²) in [5, 5.41) is 2.77. The third kappa shape index (κ3) is 2.79. The molecule has 0 fully saturated rings. The molecule has 1 amide bonds. The Hall–Kier alpha value is -1.23. The van der Waals surface area contributed by atoms with E-state index in [1.165, 1.54) is 12.8 Å². The number of allylic oxidation sites excluding steroid dienone is 2. The van der Waals surface area contributed by atoms with Crippen LogP contribution in [0.25, 0.3) is 0 Å². The maximum atomic E-state index is 11.0.